The Morgan fingerprint density at radius 1 is 1.24 bits per heavy atom. The minimum atomic E-state index is -0.297. The highest BCUT2D eigenvalue weighted by Crippen LogP contribution is 2.12. The molecule has 21 heavy (non-hydrogen) atoms. The van der Waals surface area contributed by atoms with E-state index < -0.39 is 0 Å². The zero-order chi connectivity index (χ0) is 15.2. The predicted molar refractivity (Wildman–Crippen MR) is 83.3 cm³/mol. The van der Waals surface area contributed by atoms with Crippen LogP contribution in [0.2, 0.25) is 0 Å². The molecule has 0 aliphatic carbocycles. The van der Waals surface area contributed by atoms with Crippen LogP contribution in [0, 0.1) is 0 Å². The summed E-state index contributed by atoms with van der Waals surface area (Å²) in [7, 11) is 0. The average Bonchev–Trinajstić information content (AvgIpc) is 3.00. The SMILES string of the molecule is CC(Br)C(=O)NCc1ccc(NC(=O)c2ccco2)cc1. The van der Waals surface area contributed by atoms with Crippen LogP contribution in [0.4, 0.5) is 5.69 Å². The molecule has 6 heteroatoms. The number of amides is 2. The molecule has 0 aliphatic heterocycles. The topological polar surface area (TPSA) is 71.3 Å². The van der Waals surface area contributed by atoms with E-state index in [1.807, 2.05) is 12.1 Å². The number of rotatable bonds is 5. The van der Waals surface area contributed by atoms with Crippen LogP contribution in [0.15, 0.2) is 47.1 Å². The molecule has 0 fully saturated rings. The number of alkyl halides is 1. The van der Waals surface area contributed by atoms with Crippen molar-refractivity contribution in [3.05, 3.63) is 54.0 Å². The van der Waals surface area contributed by atoms with Gasteiger partial charge in [-0.25, -0.2) is 0 Å². The minimum Gasteiger partial charge on any atom is -0.459 e. The summed E-state index contributed by atoms with van der Waals surface area (Å²) in [5, 5.41) is 5.52. The van der Waals surface area contributed by atoms with E-state index in [2.05, 4.69) is 26.6 Å². The second kappa shape index (κ2) is 7.08. The monoisotopic (exact) mass is 350 g/mol. The third-order valence-electron chi connectivity index (χ3n) is 2.78. The largest absolute Gasteiger partial charge is 0.459 e. The van der Waals surface area contributed by atoms with Crippen molar-refractivity contribution in [3.8, 4) is 0 Å². The van der Waals surface area contributed by atoms with Gasteiger partial charge in [0, 0.05) is 12.2 Å². The zero-order valence-electron chi connectivity index (χ0n) is 11.4. The number of furan rings is 1. The third kappa shape index (κ3) is 4.46. The molecule has 0 aliphatic rings. The highest BCUT2D eigenvalue weighted by atomic mass is 79.9. The number of anilines is 1. The minimum absolute atomic E-state index is 0.0646. The lowest BCUT2D eigenvalue weighted by molar-refractivity contribution is -0.120. The van der Waals surface area contributed by atoms with Crippen molar-refractivity contribution < 1.29 is 14.0 Å². The van der Waals surface area contributed by atoms with Crippen molar-refractivity contribution in [1.82, 2.24) is 5.32 Å². The summed E-state index contributed by atoms with van der Waals surface area (Å²) in [4.78, 5) is 23.0. The second-order valence-electron chi connectivity index (χ2n) is 4.46. The van der Waals surface area contributed by atoms with Crippen LogP contribution in [0.5, 0.6) is 0 Å². The molecule has 5 nitrogen and oxygen atoms in total. The molecule has 1 aromatic carbocycles. The molecule has 2 amide bonds. The first-order chi connectivity index (χ1) is 10.1. The van der Waals surface area contributed by atoms with Gasteiger partial charge in [-0.2, -0.15) is 0 Å². The lowest BCUT2D eigenvalue weighted by Gasteiger charge is -2.08. The van der Waals surface area contributed by atoms with Gasteiger partial charge >= 0.3 is 0 Å². The first-order valence-corrected chi connectivity index (χ1v) is 7.33. The Hall–Kier alpha value is -2.08. The van der Waals surface area contributed by atoms with Crippen LogP contribution in [0.3, 0.4) is 0 Å². The summed E-state index contributed by atoms with van der Waals surface area (Å²) in [6, 6.07) is 10.5. The zero-order valence-corrected chi connectivity index (χ0v) is 13.0. The van der Waals surface area contributed by atoms with E-state index in [0.29, 0.717) is 12.2 Å². The average molecular weight is 351 g/mol. The Bertz CT molecular complexity index is 606. The molecule has 0 spiro atoms. The Kier molecular flexibility index (Phi) is 5.16. The summed E-state index contributed by atoms with van der Waals surface area (Å²) in [6.45, 7) is 2.21. The maximum atomic E-state index is 11.8. The number of benzene rings is 1. The molecule has 0 saturated carbocycles. The van der Waals surface area contributed by atoms with E-state index in [1.54, 1.807) is 31.2 Å². The molecule has 0 saturated heterocycles. The second-order valence-corrected chi connectivity index (χ2v) is 5.84. The van der Waals surface area contributed by atoms with Crippen molar-refractivity contribution in [2.75, 3.05) is 5.32 Å². The Morgan fingerprint density at radius 3 is 2.52 bits per heavy atom. The molecule has 110 valence electrons. The quantitative estimate of drug-likeness (QED) is 0.814. The fraction of sp³-hybridized carbons (Fsp3) is 0.200. The summed E-state index contributed by atoms with van der Waals surface area (Å²) in [5.41, 5.74) is 1.62. The normalized spacial score (nSPS) is 11.7. The molecule has 0 radical (unpaired) electrons. The van der Waals surface area contributed by atoms with Gasteiger partial charge in [0.2, 0.25) is 5.91 Å². The number of hydrogen-bond acceptors (Lipinski definition) is 3. The molecule has 1 atom stereocenters. The van der Waals surface area contributed by atoms with Crippen LogP contribution in [-0.4, -0.2) is 16.6 Å². The van der Waals surface area contributed by atoms with Crippen LogP contribution in [-0.2, 0) is 11.3 Å². The van der Waals surface area contributed by atoms with E-state index in [1.165, 1.54) is 6.26 Å². The predicted octanol–water partition coefficient (Wildman–Crippen LogP) is 2.93. The van der Waals surface area contributed by atoms with Crippen molar-refractivity contribution in [2.24, 2.45) is 0 Å². The number of carbonyl (C=O) groups is 2. The molecule has 1 unspecified atom stereocenters. The summed E-state index contributed by atoms with van der Waals surface area (Å²) < 4.78 is 5.01. The van der Waals surface area contributed by atoms with Gasteiger partial charge < -0.3 is 15.1 Å². The van der Waals surface area contributed by atoms with Gasteiger partial charge in [0.1, 0.15) is 0 Å². The molecule has 2 rings (SSSR count). The smallest absolute Gasteiger partial charge is 0.291 e. The standard InChI is InChI=1S/C15H15BrN2O3/c1-10(16)14(19)17-9-11-4-6-12(7-5-11)18-15(20)13-3-2-8-21-13/h2-8,10H,9H2,1H3,(H,17,19)(H,18,20). The molecule has 2 N–H and O–H groups in total. The summed E-state index contributed by atoms with van der Waals surface area (Å²) in [5.74, 6) is -0.1000. The maximum absolute atomic E-state index is 11.8. The van der Waals surface area contributed by atoms with Gasteiger partial charge in [-0.1, -0.05) is 28.1 Å². The van der Waals surface area contributed by atoms with Gasteiger partial charge in [-0.3, -0.25) is 9.59 Å². The lowest BCUT2D eigenvalue weighted by Crippen LogP contribution is -2.28. The highest BCUT2D eigenvalue weighted by molar-refractivity contribution is 9.10. The van der Waals surface area contributed by atoms with E-state index in [9.17, 15) is 9.59 Å². The van der Waals surface area contributed by atoms with Gasteiger partial charge in [0.15, 0.2) is 5.76 Å². The first kappa shape index (κ1) is 15.3. The molecular formula is C15H15BrN2O3. The number of hydrogen-bond donors (Lipinski definition) is 2. The van der Waals surface area contributed by atoms with Crippen LogP contribution >= 0.6 is 15.9 Å². The Morgan fingerprint density at radius 2 is 1.95 bits per heavy atom. The number of carbonyl (C=O) groups excluding carboxylic acids is 2. The van der Waals surface area contributed by atoms with Gasteiger partial charge in [0.25, 0.3) is 5.91 Å². The van der Waals surface area contributed by atoms with Crippen molar-refractivity contribution in [1.29, 1.82) is 0 Å². The van der Waals surface area contributed by atoms with Crippen LogP contribution in [0.25, 0.3) is 0 Å². The summed E-state index contributed by atoms with van der Waals surface area (Å²) in [6.07, 6.45) is 1.45. The number of halogens is 1. The van der Waals surface area contributed by atoms with Crippen LogP contribution in [0.1, 0.15) is 23.0 Å². The highest BCUT2D eigenvalue weighted by Gasteiger charge is 2.09. The molecule has 1 aromatic heterocycles. The maximum Gasteiger partial charge on any atom is 0.291 e. The summed E-state index contributed by atoms with van der Waals surface area (Å²) >= 11 is 3.20. The molecule has 2 aromatic rings. The molecule has 1 heterocycles. The molecule has 0 bridgehead atoms. The Labute approximate surface area is 130 Å². The first-order valence-electron chi connectivity index (χ1n) is 6.42. The van der Waals surface area contributed by atoms with Crippen molar-refractivity contribution in [2.45, 2.75) is 18.3 Å². The van der Waals surface area contributed by atoms with Crippen LogP contribution < -0.4 is 10.6 Å². The number of nitrogens with one attached hydrogen (secondary N) is 2. The van der Waals surface area contributed by atoms with E-state index >= 15 is 0 Å². The van der Waals surface area contributed by atoms with E-state index in [4.69, 9.17) is 4.42 Å². The van der Waals surface area contributed by atoms with Gasteiger partial charge in [-0.15, -0.1) is 0 Å². The van der Waals surface area contributed by atoms with Crippen molar-refractivity contribution in [3.63, 3.8) is 0 Å². The van der Waals surface area contributed by atoms with Gasteiger partial charge in [0.05, 0.1) is 11.1 Å². The molecular weight excluding hydrogens is 336 g/mol. The van der Waals surface area contributed by atoms with E-state index in [-0.39, 0.29) is 22.4 Å². The fourth-order valence-electron chi connectivity index (χ4n) is 1.64. The lowest BCUT2D eigenvalue weighted by atomic mass is 10.2. The third-order valence-corrected chi connectivity index (χ3v) is 3.20. The Balaban J connectivity index is 1.90. The van der Waals surface area contributed by atoms with E-state index in [0.717, 1.165) is 5.56 Å². The van der Waals surface area contributed by atoms with Gasteiger partial charge in [-0.05, 0) is 36.8 Å². The van der Waals surface area contributed by atoms with Crippen molar-refractivity contribution >= 4 is 33.4 Å². The fourth-order valence-corrected chi connectivity index (χ4v) is 1.80.